The van der Waals surface area contributed by atoms with Crippen molar-refractivity contribution in [1.82, 2.24) is 5.32 Å². The molecule has 0 aromatic heterocycles. The Morgan fingerprint density at radius 3 is 2.76 bits per heavy atom. The van der Waals surface area contributed by atoms with Crippen LogP contribution in [-0.4, -0.2) is 31.4 Å². The van der Waals surface area contributed by atoms with E-state index in [2.05, 4.69) is 10.6 Å². The smallest absolute Gasteiger partial charge is 0.319 e. The highest BCUT2D eigenvalue weighted by molar-refractivity contribution is 6.31. The number of carbonyl (C=O) groups is 1. The average Bonchev–Trinajstić information content (AvgIpc) is 2.44. The van der Waals surface area contributed by atoms with Gasteiger partial charge in [-0.2, -0.15) is 0 Å². The fourth-order valence-electron chi connectivity index (χ4n) is 1.79. The van der Waals surface area contributed by atoms with Crippen LogP contribution in [0.15, 0.2) is 18.2 Å². The van der Waals surface area contributed by atoms with Crippen molar-refractivity contribution in [3.8, 4) is 5.75 Å². The molecule has 1 aromatic carbocycles. The van der Waals surface area contributed by atoms with Crippen LogP contribution in [0.1, 0.15) is 26.7 Å². The first-order valence-corrected chi connectivity index (χ1v) is 7.25. The Bertz CT molecular complexity index is 478. The molecular formula is C15H23ClN2O3. The van der Waals surface area contributed by atoms with Crippen LogP contribution < -0.4 is 15.4 Å². The summed E-state index contributed by atoms with van der Waals surface area (Å²) in [4.78, 5) is 11.8. The number of halogens is 1. The molecule has 0 saturated carbocycles. The second-order valence-corrected chi connectivity index (χ2v) is 6.09. The van der Waals surface area contributed by atoms with Gasteiger partial charge in [-0.1, -0.05) is 25.4 Å². The molecule has 0 aliphatic heterocycles. The van der Waals surface area contributed by atoms with Gasteiger partial charge in [0.05, 0.1) is 12.8 Å². The molecule has 0 radical (unpaired) electrons. The minimum Gasteiger partial charge on any atom is -0.495 e. The van der Waals surface area contributed by atoms with Crippen molar-refractivity contribution in [3.63, 3.8) is 0 Å². The summed E-state index contributed by atoms with van der Waals surface area (Å²) >= 11 is 5.90. The molecule has 0 unspecified atom stereocenters. The predicted molar refractivity (Wildman–Crippen MR) is 85.1 cm³/mol. The van der Waals surface area contributed by atoms with Gasteiger partial charge < -0.3 is 20.5 Å². The molecule has 1 rings (SSSR count). The van der Waals surface area contributed by atoms with Crippen LogP contribution in [0, 0.1) is 5.41 Å². The lowest BCUT2D eigenvalue weighted by atomic mass is 9.89. The molecule has 118 valence electrons. The number of hydrogen-bond acceptors (Lipinski definition) is 3. The minimum atomic E-state index is -0.308. The molecule has 0 atom stereocenters. The van der Waals surface area contributed by atoms with Gasteiger partial charge in [-0.05, 0) is 36.5 Å². The lowest BCUT2D eigenvalue weighted by Gasteiger charge is -2.21. The zero-order valence-corrected chi connectivity index (χ0v) is 13.5. The highest BCUT2D eigenvalue weighted by Crippen LogP contribution is 2.27. The van der Waals surface area contributed by atoms with Gasteiger partial charge in [-0.3, -0.25) is 0 Å². The van der Waals surface area contributed by atoms with E-state index in [1.807, 2.05) is 13.8 Å². The van der Waals surface area contributed by atoms with Crippen molar-refractivity contribution in [2.24, 2.45) is 5.41 Å². The molecule has 3 N–H and O–H groups in total. The molecule has 0 aliphatic rings. The molecule has 2 amide bonds. The third kappa shape index (κ3) is 6.23. The number of benzene rings is 1. The molecule has 21 heavy (non-hydrogen) atoms. The van der Waals surface area contributed by atoms with Crippen LogP contribution in [0.25, 0.3) is 0 Å². The van der Waals surface area contributed by atoms with Crippen molar-refractivity contribution in [3.05, 3.63) is 23.2 Å². The van der Waals surface area contributed by atoms with Crippen LogP contribution in [0.5, 0.6) is 5.75 Å². The second-order valence-electron chi connectivity index (χ2n) is 5.65. The maximum atomic E-state index is 11.8. The maximum Gasteiger partial charge on any atom is 0.319 e. The van der Waals surface area contributed by atoms with Gasteiger partial charge in [0.25, 0.3) is 0 Å². The summed E-state index contributed by atoms with van der Waals surface area (Å²) in [6.07, 6.45) is 1.64. The Morgan fingerprint density at radius 1 is 1.43 bits per heavy atom. The van der Waals surface area contributed by atoms with E-state index in [0.717, 1.165) is 12.8 Å². The lowest BCUT2D eigenvalue weighted by Crippen LogP contribution is -2.30. The summed E-state index contributed by atoms with van der Waals surface area (Å²) in [6.45, 7) is 4.66. The number of hydrogen-bond donors (Lipinski definition) is 3. The van der Waals surface area contributed by atoms with Crippen LogP contribution in [0.4, 0.5) is 10.5 Å². The van der Waals surface area contributed by atoms with E-state index in [0.29, 0.717) is 23.0 Å². The number of aliphatic hydroxyl groups excluding tert-OH is 1. The number of nitrogens with one attached hydrogen (secondary N) is 2. The normalized spacial score (nSPS) is 11.1. The molecule has 1 aromatic rings. The molecular weight excluding hydrogens is 292 g/mol. The third-order valence-electron chi connectivity index (χ3n) is 3.15. The SMILES string of the molecule is COc1ccc(Cl)cc1NC(=O)NCCCC(C)(C)CO. The first-order valence-electron chi connectivity index (χ1n) is 6.87. The van der Waals surface area contributed by atoms with Gasteiger partial charge in [0.2, 0.25) is 0 Å². The summed E-state index contributed by atoms with van der Waals surface area (Å²) in [5.74, 6) is 0.552. The monoisotopic (exact) mass is 314 g/mol. The van der Waals surface area contributed by atoms with Crippen LogP contribution in [0.2, 0.25) is 5.02 Å². The highest BCUT2D eigenvalue weighted by atomic mass is 35.5. The van der Waals surface area contributed by atoms with Crippen molar-refractivity contribution in [2.45, 2.75) is 26.7 Å². The van der Waals surface area contributed by atoms with E-state index in [-0.39, 0.29) is 18.1 Å². The highest BCUT2D eigenvalue weighted by Gasteiger charge is 2.15. The van der Waals surface area contributed by atoms with Crippen molar-refractivity contribution in [1.29, 1.82) is 0 Å². The van der Waals surface area contributed by atoms with E-state index < -0.39 is 0 Å². The Kier molecular flexibility index (Phi) is 6.78. The maximum absolute atomic E-state index is 11.8. The van der Waals surface area contributed by atoms with E-state index in [1.54, 1.807) is 18.2 Å². The fourth-order valence-corrected chi connectivity index (χ4v) is 1.96. The Hall–Kier alpha value is -1.46. The number of amides is 2. The third-order valence-corrected chi connectivity index (χ3v) is 3.39. The van der Waals surface area contributed by atoms with E-state index in [4.69, 9.17) is 21.4 Å². The zero-order valence-electron chi connectivity index (χ0n) is 12.7. The number of urea groups is 1. The lowest BCUT2D eigenvalue weighted by molar-refractivity contribution is 0.148. The van der Waals surface area contributed by atoms with E-state index in [1.165, 1.54) is 7.11 Å². The summed E-state index contributed by atoms with van der Waals surface area (Å²) in [5, 5.41) is 15.2. The first kappa shape index (κ1) is 17.6. The second kappa shape index (κ2) is 8.10. The minimum absolute atomic E-state index is 0.117. The first-order chi connectivity index (χ1) is 9.88. The summed E-state index contributed by atoms with van der Waals surface area (Å²) in [5.41, 5.74) is 0.409. The topological polar surface area (TPSA) is 70.6 Å². The number of anilines is 1. The van der Waals surface area contributed by atoms with Gasteiger partial charge in [-0.25, -0.2) is 4.79 Å². The van der Waals surface area contributed by atoms with Crippen LogP contribution in [0.3, 0.4) is 0 Å². The molecule has 0 heterocycles. The van der Waals surface area contributed by atoms with E-state index >= 15 is 0 Å². The number of rotatable bonds is 7. The molecule has 0 bridgehead atoms. The Balaban J connectivity index is 2.42. The summed E-state index contributed by atoms with van der Waals surface area (Å²) in [7, 11) is 1.53. The fraction of sp³-hybridized carbons (Fsp3) is 0.533. The molecule has 0 fully saturated rings. The van der Waals surface area contributed by atoms with Crippen LogP contribution in [-0.2, 0) is 0 Å². The number of methoxy groups -OCH3 is 1. The standard InChI is InChI=1S/C15H23ClN2O3/c1-15(2,10-19)7-4-8-17-14(20)18-12-9-11(16)5-6-13(12)21-3/h5-6,9,19H,4,7-8,10H2,1-3H3,(H2,17,18,20). The number of carbonyl (C=O) groups excluding carboxylic acids is 1. The van der Waals surface area contributed by atoms with E-state index in [9.17, 15) is 4.79 Å². The number of ether oxygens (including phenoxy) is 1. The summed E-state index contributed by atoms with van der Waals surface area (Å²) in [6, 6.07) is 4.72. The van der Waals surface area contributed by atoms with Gasteiger partial charge in [0.15, 0.2) is 0 Å². The van der Waals surface area contributed by atoms with Gasteiger partial charge in [-0.15, -0.1) is 0 Å². The largest absolute Gasteiger partial charge is 0.495 e. The zero-order chi connectivity index (χ0) is 15.9. The summed E-state index contributed by atoms with van der Waals surface area (Å²) < 4.78 is 5.16. The average molecular weight is 315 g/mol. The van der Waals surface area contributed by atoms with Gasteiger partial charge in [0.1, 0.15) is 5.75 Å². The molecule has 0 spiro atoms. The molecule has 5 nitrogen and oxygen atoms in total. The Morgan fingerprint density at radius 2 is 2.14 bits per heavy atom. The van der Waals surface area contributed by atoms with Gasteiger partial charge in [0, 0.05) is 18.2 Å². The Labute approximate surface area is 130 Å². The van der Waals surface area contributed by atoms with Crippen molar-refractivity contribution < 1.29 is 14.6 Å². The molecule has 0 saturated heterocycles. The van der Waals surface area contributed by atoms with Crippen molar-refractivity contribution in [2.75, 3.05) is 25.6 Å². The van der Waals surface area contributed by atoms with Gasteiger partial charge >= 0.3 is 6.03 Å². The molecule has 0 aliphatic carbocycles. The molecule has 6 heteroatoms. The number of aliphatic hydroxyl groups is 1. The quantitative estimate of drug-likeness (QED) is 0.676. The van der Waals surface area contributed by atoms with Crippen LogP contribution >= 0.6 is 11.6 Å². The predicted octanol–water partition coefficient (Wildman–Crippen LogP) is 3.27. The van der Waals surface area contributed by atoms with Crippen molar-refractivity contribution >= 4 is 23.3 Å².